The number of nitrogens with two attached hydrogens (primary N) is 1. The minimum Gasteiger partial charge on any atom is -0.325 e. The summed E-state index contributed by atoms with van der Waals surface area (Å²) in [6.07, 6.45) is 7.43. The van der Waals surface area contributed by atoms with Crippen LogP contribution in [-0.4, -0.2) is 10.8 Å². The van der Waals surface area contributed by atoms with Crippen LogP contribution in [0.25, 0.3) is 0 Å². The molecule has 0 spiro atoms. The first-order valence-electron chi connectivity index (χ1n) is 6.93. The van der Waals surface area contributed by atoms with Gasteiger partial charge in [0.25, 0.3) is 0 Å². The smallest absolute Gasteiger partial charge is 0.166 e. The number of nitrogens with zero attached hydrogens (tertiary/aromatic N) is 1. The Balaban J connectivity index is 2.10. The van der Waals surface area contributed by atoms with Crippen LogP contribution < -0.4 is 5.73 Å². The monoisotopic (exact) mass is 246 g/mol. The standard InChI is InChI=1S/C15H22N2O/c1-2-11-4-3-5-12(8-11)15(18)13-6-7-17-14(9-13)10-16/h6-7,9,11-12H,2-5,8,10,16H2,1H3. The molecule has 1 aromatic heterocycles. The maximum Gasteiger partial charge on any atom is 0.166 e. The Hall–Kier alpha value is -1.22. The summed E-state index contributed by atoms with van der Waals surface area (Å²) in [5.74, 6) is 1.21. The van der Waals surface area contributed by atoms with E-state index in [1.54, 1.807) is 6.20 Å². The average Bonchev–Trinajstić information content (AvgIpc) is 2.46. The second-order valence-corrected chi connectivity index (χ2v) is 5.24. The van der Waals surface area contributed by atoms with Crippen LogP contribution in [0.15, 0.2) is 18.3 Å². The summed E-state index contributed by atoms with van der Waals surface area (Å²) in [5.41, 5.74) is 7.15. The van der Waals surface area contributed by atoms with E-state index in [1.807, 2.05) is 12.1 Å². The maximum atomic E-state index is 12.5. The zero-order valence-corrected chi connectivity index (χ0v) is 11.1. The third-order valence-electron chi connectivity index (χ3n) is 4.04. The van der Waals surface area contributed by atoms with Gasteiger partial charge < -0.3 is 5.73 Å². The molecule has 18 heavy (non-hydrogen) atoms. The molecule has 1 heterocycles. The van der Waals surface area contributed by atoms with E-state index in [4.69, 9.17) is 5.73 Å². The van der Waals surface area contributed by atoms with E-state index in [0.29, 0.717) is 6.54 Å². The fraction of sp³-hybridized carbons (Fsp3) is 0.600. The van der Waals surface area contributed by atoms with Crippen LogP contribution in [0.4, 0.5) is 0 Å². The molecule has 2 unspecified atom stereocenters. The molecule has 3 nitrogen and oxygen atoms in total. The first kappa shape index (κ1) is 13.2. The van der Waals surface area contributed by atoms with Gasteiger partial charge in [0.05, 0.1) is 5.69 Å². The summed E-state index contributed by atoms with van der Waals surface area (Å²) in [4.78, 5) is 16.6. The van der Waals surface area contributed by atoms with E-state index in [2.05, 4.69) is 11.9 Å². The first-order chi connectivity index (χ1) is 8.74. The molecule has 1 aliphatic rings. The van der Waals surface area contributed by atoms with Crippen molar-refractivity contribution in [3.63, 3.8) is 0 Å². The molecule has 3 heteroatoms. The number of Topliss-reactive ketones (excluding diaryl/α,β-unsaturated/α-hetero) is 1. The molecule has 0 radical (unpaired) electrons. The van der Waals surface area contributed by atoms with Gasteiger partial charge in [-0.2, -0.15) is 0 Å². The molecule has 2 rings (SSSR count). The summed E-state index contributed by atoms with van der Waals surface area (Å²) in [5, 5.41) is 0. The molecule has 1 fully saturated rings. The van der Waals surface area contributed by atoms with E-state index >= 15 is 0 Å². The summed E-state index contributed by atoms with van der Waals surface area (Å²) in [6.45, 7) is 2.61. The van der Waals surface area contributed by atoms with Gasteiger partial charge in [0.1, 0.15) is 0 Å². The van der Waals surface area contributed by atoms with Gasteiger partial charge in [0.2, 0.25) is 0 Å². The predicted molar refractivity (Wildman–Crippen MR) is 72.2 cm³/mol. The lowest BCUT2D eigenvalue weighted by molar-refractivity contribution is 0.0862. The SMILES string of the molecule is CCC1CCCC(C(=O)c2ccnc(CN)c2)C1. The van der Waals surface area contributed by atoms with Gasteiger partial charge in [-0.1, -0.05) is 26.2 Å². The van der Waals surface area contributed by atoms with Gasteiger partial charge in [-0.15, -0.1) is 0 Å². The fourth-order valence-electron chi connectivity index (χ4n) is 2.88. The Morgan fingerprint density at radius 2 is 2.33 bits per heavy atom. The Labute approximate surface area is 109 Å². The number of rotatable bonds is 4. The molecular formula is C15H22N2O. The second-order valence-electron chi connectivity index (χ2n) is 5.24. The van der Waals surface area contributed by atoms with Gasteiger partial charge in [-0.3, -0.25) is 9.78 Å². The second kappa shape index (κ2) is 6.10. The van der Waals surface area contributed by atoms with E-state index in [1.165, 1.54) is 19.3 Å². The lowest BCUT2D eigenvalue weighted by Gasteiger charge is -2.27. The van der Waals surface area contributed by atoms with Crippen molar-refractivity contribution in [3.8, 4) is 0 Å². The van der Waals surface area contributed by atoms with Crippen molar-refractivity contribution in [2.24, 2.45) is 17.6 Å². The van der Waals surface area contributed by atoms with Crippen molar-refractivity contribution in [2.75, 3.05) is 0 Å². The highest BCUT2D eigenvalue weighted by Crippen LogP contribution is 2.32. The van der Waals surface area contributed by atoms with Gasteiger partial charge in [0.15, 0.2) is 5.78 Å². The quantitative estimate of drug-likeness (QED) is 0.831. The number of pyridine rings is 1. The third kappa shape index (κ3) is 2.96. The minimum absolute atomic E-state index is 0.205. The van der Waals surface area contributed by atoms with Gasteiger partial charge in [0, 0.05) is 24.2 Å². The van der Waals surface area contributed by atoms with Crippen molar-refractivity contribution in [1.82, 2.24) is 4.98 Å². The van der Waals surface area contributed by atoms with Crippen molar-refractivity contribution >= 4 is 5.78 Å². The Bertz CT molecular complexity index is 417. The molecule has 0 aliphatic heterocycles. The van der Waals surface area contributed by atoms with E-state index in [-0.39, 0.29) is 11.7 Å². The predicted octanol–water partition coefficient (Wildman–Crippen LogP) is 2.94. The Morgan fingerprint density at radius 3 is 3.06 bits per heavy atom. The fourth-order valence-corrected chi connectivity index (χ4v) is 2.88. The maximum absolute atomic E-state index is 12.5. The van der Waals surface area contributed by atoms with Crippen LogP contribution in [-0.2, 0) is 6.54 Å². The molecule has 0 saturated heterocycles. The number of carbonyl (C=O) groups excluding carboxylic acids is 1. The number of ketones is 1. The largest absolute Gasteiger partial charge is 0.325 e. The number of aromatic nitrogens is 1. The molecule has 0 bridgehead atoms. The summed E-state index contributed by atoms with van der Waals surface area (Å²) in [6, 6.07) is 3.66. The number of carbonyl (C=O) groups is 1. The van der Waals surface area contributed by atoms with Gasteiger partial charge in [-0.25, -0.2) is 0 Å². The summed E-state index contributed by atoms with van der Waals surface area (Å²) >= 11 is 0. The molecule has 98 valence electrons. The summed E-state index contributed by atoms with van der Waals surface area (Å²) in [7, 11) is 0. The molecule has 2 atom stereocenters. The lowest BCUT2D eigenvalue weighted by atomic mass is 9.77. The van der Waals surface area contributed by atoms with Crippen LogP contribution >= 0.6 is 0 Å². The van der Waals surface area contributed by atoms with Gasteiger partial charge >= 0.3 is 0 Å². The molecule has 2 N–H and O–H groups in total. The molecule has 1 aromatic rings. The lowest BCUT2D eigenvalue weighted by Crippen LogP contribution is -2.23. The highest BCUT2D eigenvalue weighted by atomic mass is 16.1. The van der Waals surface area contributed by atoms with E-state index in [0.717, 1.165) is 30.0 Å². The zero-order chi connectivity index (χ0) is 13.0. The van der Waals surface area contributed by atoms with Crippen LogP contribution in [0, 0.1) is 11.8 Å². The normalized spacial score (nSPS) is 23.9. The van der Waals surface area contributed by atoms with E-state index in [9.17, 15) is 4.79 Å². The van der Waals surface area contributed by atoms with Crippen molar-refractivity contribution in [3.05, 3.63) is 29.6 Å². The van der Waals surface area contributed by atoms with Crippen LogP contribution in [0.1, 0.15) is 55.1 Å². The van der Waals surface area contributed by atoms with Gasteiger partial charge in [-0.05, 0) is 30.9 Å². The Kier molecular flexibility index (Phi) is 4.48. The molecule has 1 aliphatic carbocycles. The topological polar surface area (TPSA) is 56.0 Å². The van der Waals surface area contributed by atoms with Crippen LogP contribution in [0.3, 0.4) is 0 Å². The third-order valence-corrected chi connectivity index (χ3v) is 4.04. The minimum atomic E-state index is 0.205. The van der Waals surface area contributed by atoms with Crippen molar-refractivity contribution in [1.29, 1.82) is 0 Å². The molecular weight excluding hydrogens is 224 g/mol. The average molecular weight is 246 g/mol. The van der Waals surface area contributed by atoms with Crippen LogP contribution in [0.5, 0.6) is 0 Å². The Morgan fingerprint density at radius 1 is 1.50 bits per heavy atom. The molecule has 1 saturated carbocycles. The zero-order valence-electron chi connectivity index (χ0n) is 11.1. The highest BCUT2D eigenvalue weighted by Gasteiger charge is 2.27. The first-order valence-corrected chi connectivity index (χ1v) is 6.93. The van der Waals surface area contributed by atoms with E-state index < -0.39 is 0 Å². The molecule has 0 amide bonds. The van der Waals surface area contributed by atoms with Crippen LogP contribution in [0.2, 0.25) is 0 Å². The van der Waals surface area contributed by atoms with Crippen molar-refractivity contribution in [2.45, 2.75) is 45.6 Å². The highest BCUT2D eigenvalue weighted by molar-refractivity contribution is 5.97. The van der Waals surface area contributed by atoms with Crippen molar-refractivity contribution < 1.29 is 4.79 Å². The number of hydrogen-bond donors (Lipinski definition) is 1. The number of hydrogen-bond acceptors (Lipinski definition) is 3. The molecule has 0 aromatic carbocycles. The summed E-state index contributed by atoms with van der Waals surface area (Å²) < 4.78 is 0.